The standard InChI is InChI=1S/C26H23F6N5O2/c1-14(2)12-39-13-21-36-23(34-15-6-9-20(38-3)18(11-15)26(30,31)32)16-7-8-19(35-24(16)37-21)22-17(25(27,28)29)5-4-10-33-22/h4-11,14H,12-13H2,1-3H3,(H,34,35,36,37). The fraction of sp³-hybridized carbons (Fsp3) is 0.308. The fourth-order valence-corrected chi connectivity index (χ4v) is 3.71. The number of alkyl halides is 6. The first-order chi connectivity index (χ1) is 18.4. The van der Waals surface area contributed by atoms with Gasteiger partial charge in [-0.25, -0.2) is 15.0 Å². The number of pyridine rings is 2. The number of hydrogen-bond donors (Lipinski definition) is 1. The number of methoxy groups -OCH3 is 1. The Kier molecular flexibility index (Phi) is 7.91. The van der Waals surface area contributed by atoms with Gasteiger partial charge in [-0.3, -0.25) is 4.98 Å². The van der Waals surface area contributed by atoms with E-state index in [-0.39, 0.29) is 58.0 Å². The Balaban J connectivity index is 1.82. The highest BCUT2D eigenvalue weighted by molar-refractivity contribution is 5.90. The van der Waals surface area contributed by atoms with Gasteiger partial charge in [0.2, 0.25) is 0 Å². The van der Waals surface area contributed by atoms with Crippen molar-refractivity contribution in [3.05, 3.63) is 65.6 Å². The third-order valence-electron chi connectivity index (χ3n) is 5.41. The second kappa shape index (κ2) is 11.0. The molecule has 0 unspecified atom stereocenters. The summed E-state index contributed by atoms with van der Waals surface area (Å²) in [5.41, 5.74) is -2.38. The molecule has 0 saturated carbocycles. The summed E-state index contributed by atoms with van der Waals surface area (Å²) in [6, 6.07) is 8.23. The van der Waals surface area contributed by atoms with Crippen molar-refractivity contribution in [1.82, 2.24) is 19.9 Å². The van der Waals surface area contributed by atoms with Gasteiger partial charge in [-0.2, -0.15) is 26.3 Å². The van der Waals surface area contributed by atoms with Crippen molar-refractivity contribution in [2.45, 2.75) is 32.8 Å². The van der Waals surface area contributed by atoms with Gasteiger partial charge in [0.1, 0.15) is 23.9 Å². The van der Waals surface area contributed by atoms with E-state index in [1.54, 1.807) is 0 Å². The zero-order valence-electron chi connectivity index (χ0n) is 21.0. The average Bonchev–Trinajstić information content (AvgIpc) is 2.87. The van der Waals surface area contributed by atoms with Crippen molar-refractivity contribution in [2.24, 2.45) is 5.92 Å². The van der Waals surface area contributed by atoms with E-state index in [4.69, 9.17) is 9.47 Å². The first-order valence-corrected chi connectivity index (χ1v) is 11.7. The summed E-state index contributed by atoms with van der Waals surface area (Å²) in [7, 11) is 1.13. The van der Waals surface area contributed by atoms with Gasteiger partial charge in [0.05, 0.1) is 29.3 Å². The first-order valence-electron chi connectivity index (χ1n) is 11.7. The van der Waals surface area contributed by atoms with Crippen LogP contribution in [0.15, 0.2) is 48.7 Å². The van der Waals surface area contributed by atoms with Crippen LogP contribution >= 0.6 is 0 Å². The number of nitrogens with zero attached hydrogens (tertiary/aromatic N) is 4. The van der Waals surface area contributed by atoms with E-state index >= 15 is 0 Å². The summed E-state index contributed by atoms with van der Waals surface area (Å²) < 4.78 is 91.8. The average molecular weight is 551 g/mol. The summed E-state index contributed by atoms with van der Waals surface area (Å²) in [4.78, 5) is 16.9. The van der Waals surface area contributed by atoms with E-state index in [2.05, 4.69) is 25.3 Å². The lowest BCUT2D eigenvalue weighted by Gasteiger charge is -2.16. The second-order valence-electron chi connectivity index (χ2n) is 8.90. The molecule has 206 valence electrons. The number of nitrogens with one attached hydrogen (secondary N) is 1. The molecule has 0 atom stereocenters. The molecular weight excluding hydrogens is 528 g/mol. The maximum atomic E-state index is 13.6. The van der Waals surface area contributed by atoms with E-state index in [1.165, 1.54) is 30.5 Å². The monoisotopic (exact) mass is 551 g/mol. The van der Waals surface area contributed by atoms with E-state index < -0.39 is 23.5 Å². The molecule has 0 aliphatic heterocycles. The Hall–Kier alpha value is -4.00. The van der Waals surface area contributed by atoms with Crippen LogP contribution in [0.4, 0.5) is 37.8 Å². The van der Waals surface area contributed by atoms with Crippen LogP contribution in [0.25, 0.3) is 22.4 Å². The second-order valence-corrected chi connectivity index (χ2v) is 8.90. The highest BCUT2D eigenvalue weighted by atomic mass is 19.4. The third-order valence-corrected chi connectivity index (χ3v) is 5.41. The molecule has 3 heterocycles. The van der Waals surface area contributed by atoms with Crippen LogP contribution in [-0.4, -0.2) is 33.7 Å². The molecule has 39 heavy (non-hydrogen) atoms. The lowest BCUT2D eigenvalue weighted by molar-refractivity contribution is -0.139. The van der Waals surface area contributed by atoms with Crippen LogP contribution in [0, 0.1) is 5.92 Å². The highest BCUT2D eigenvalue weighted by Crippen LogP contribution is 2.39. The zero-order chi connectivity index (χ0) is 28.4. The number of hydrogen-bond acceptors (Lipinski definition) is 7. The summed E-state index contributed by atoms with van der Waals surface area (Å²) >= 11 is 0. The van der Waals surface area contributed by atoms with Crippen molar-refractivity contribution in [3.63, 3.8) is 0 Å². The lowest BCUT2D eigenvalue weighted by atomic mass is 10.1. The minimum Gasteiger partial charge on any atom is -0.496 e. The van der Waals surface area contributed by atoms with Gasteiger partial charge in [-0.15, -0.1) is 0 Å². The van der Waals surface area contributed by atoms with Crippen molar-refractivity contribution in [1.29, 1.82) is 0 Å². The number of halogens is 6. The highest BCUT2D eigenvalue weighted by Gasteiger charge is 2.35. The molecule has 4 rings (SSSR count). The van der Waals surface area contributed by atoms with Crippen LogP contribution in [0.5, 0.6) is 5.75 Å². The van der Waals surface area contributed by atoms with Crippen molar-refractivity contribution in [2.75, 3.05) is 19.0 Å². The molecule has 0 radical (unpaired) electrons. The smallest absolute Gasteiger partial charge is 0.420 e. The summed E-state index contributed by atoms with van der Waals surface area (Å²) in [5.74, 6) is 0.0813. The van der Waals surface area contributed by atoms with Gasteiger partial charge in [0.15, 0.2) is 11.5 Å². The Morgan fingerprint density at radius 2 is 1.64 bits per heavy atom. The van der Waals surface area contributed by atoms with Gasteiger partial charge in [0, 0.05) is 18.5 Å². The van der Waals surface area contributed by atoms with Crippen LogP contribution < -0.4 is 10.1 Å². The minimum absolute atomic E-state index is 0.0106. The van der Waals surface area contributed by atoms with Crippen LogP contribution in [0.2, 0.25) is 0 Å². The van der Waals surface area contributed by atoms with Crippen LogP contribution in [0.1, 0.15) is 30.8 Å². The molecule has 7 nitrogen and oxygen atoms in total. The zero-order valence-corrected chi connectivity index (χ0v) is 21.0. The van der Waals surface area contributed by atoms with E-state index in [0.717, 1.165) is 25.3 Å². The van der Waals surface area contributed by atoms with Gasteiger partial charge in [-0.1, -0.05) is 13.8 Å². The topological polar surface area (TPSA) is 82.0 Å². The number of ether oxygens (including phenoxy) is 2. The molecule has 13 heteroatoms. The van der Waals surface area contributed by atoms with E-state index in [0.29, 0.717) is 6.61 Å². The van der Waals surface area contributed by atoms with Gasteiger partial charge < -0.3 is 14.8 Å². The quantitative estimate of drug-likeness (QED) is 0.235. The number of aromatic nitrogens is 4. The largest absolute Gasteiger partial charge is 0.496 e. The van der Waals surface area contributed by atoms with Crippen molar-refractivity contribution in [3.8, 4) is 17.1 Å². The Bertz CT molecular complexity index is 1470. The fourth-order valence-electron chi connectivity index (χ4n) is 3.71. The predicted molar refractivity (Wildman–Crippen MR) is 131 cm³/mol. The molecule has 0 aliphatic carbocycles. The first kappa shape index (κ1) is 28.0. The van der Waals surface area contributed by atoms with E-state index in [1.807, 2.05) is 13.8 Å². The third kappa shape index (κ3) is 6.53. The Morgan fingerprint density at radius 1 is 0.897 bits per heavy atom. The molecule has 0 fully saturated rings. The molecule has 0 saturated heterocycles. The summed E-state index contributed by atoms with van der Waals surface area (Å²) in [6.45, 7) is 4.21. The van der Waals surface area contributed by atoms with Crippen LogP contribution in [-0.2, 0) is 23.7 Å². The van der Waals surface area contributed by atoms with Gasteiger partial charge in [0.25, 0.3) is 0 Å². The molecule has 0 bridgehead atoms. The molecule has 1 N–H and O–H groups in total. The molecule has 0 spiro atoms. The minimum atomic E-state index is -4.68. The maximum Gasteiger partial charge on any atom is 0.420 e. The lowest BCUT2D eigenvalue weighted by Crippen LogP contribution is -2.10. The van der Waals surface area contributed by atoms with Crippen molar-refractivity contribution < 1.29 is 35.8 Å². The predicted octanol–water partition coefficient (Wildman–Crippen LogP) is 7.05. The number of fused-ring (bicyclic) bond motifs is 1. The Morgan fingerprint density at radius 3 is 2.31 bits per heavy atom. The number of rotatable bonds is 8. The molecule has 3 aromatic heterocycles. The van der Waals surface area contributed by atoms with Crippen LogP contribution in [0.3, 0.4) is 0 Å². The molecular formula is C26H23F6N5O2. The number of anilines is 2. The molecule has 0 amide bonds. The SMILES string of the molecule is COc1ccc(Nc2nc(COCC(C)C)nc3nc(-c4ncccc4C(F)(F)F)ccc23)cc1C(F)(F)F. The van der Waals surface area contributed by atoms with Gasteiger partial charge >= 0.3 is 12.4 Å². The Labute approximate surface area is 219 Å². The number of benzene rings is 1. The molecule has 1 aromatic carbocycles. The molecule has 4 aromatic rings. The maximum absolute atomic E-state index is 13.6. The summed E-state index contributed by atoms with van der Waals surface area (Å²) in [6.07, 6.45) is -8.13. The van der Waals surface area contributed by atoms with E-state index in [9.17, 15) is 26.3 Å². The van der Waals surface area contributed by atoms with Crippen molar-refractivity contribution >= 4 is 22.5 Å². The normalized spacial score (nSPS) is 12.3. The summed E-state index contributed by atoms with van der Waals surface area (Å²) in [5, 5.41) is 3.11. The molecule has 0 aliphatic rings. The van der Waals surface area contributed by atoms with Gasteiger partial charge in [-0.05, 0) is 48.4 Å².